The molecule has 1 saturated heterocycles. The van der Waals surface area contributed by atoms with Gasteiger partial charge < -0.3 is 19.4 Å². The molecule has 2 aliphatic rings. The summed E-state index contributed by atoms with van der Waals surface area (Å²) in [6.45, 7) is 5.80. The monoisotopic (exact) mass is 362 g/mol. The molecule has 5 nitrogen and oxygen atoms in total. The van der Waals surface area contributed by atoms with Crippen LogP contribution in [-0.2, 0) is 11.2 Å². The number of cyclic esters (lactones) is 1. The summed E-state index contributed by atoms with van der Waals surface area (Å²) in [6, 6.07) is 14.2. The van der Waals surface area contributed by atoms with Gasteiger partial charge in [-0.05, 0) is 48.4 Å². The molecule has 0 bridgehead atoms. The first kappa shape index (κ1) is 16.4. The number of carbonyl (C=O) groups excluding carboxylic acids is 1. The highest BCUT2D eigenvalue weighted by atomic mass is 16.5. The average Bonchev–Trinajstić information content (AvgIpc) is 3.07. The summed E-state index contributed by atoms with van der Waals surface area (Å²) in [5.41, 5.74) is 4.72. The lowest BCUT2D eigenvalue weighted by molar-refractivity contribution is 0.0253. The molecule has 0 spiro atoms. The fourth-order valence-corrected chi connectivity index (χ4v) is 4.07. The van der Waals surface area contributed by atoms with Crippen molar-refractivity contribution in [2.45, 2.75) is 19.4 Å². The molecular formula is C22H22N2O3. The van der Waals surface area contributed by atoms with Gasteiger partial charge in [-0.1, -0.05) is 12.1 Å². The molecule has 138 valence electrons. The number of esters is 1. The van der Waals surface area contributed by atoms with E-state index in [0.29, 0.717) is 12.0 Å². The predicted octanol–water partition coefficient (Wildman–Crippen LogP) is 3.61. The van der Waals surface area contributed by atoms with Gasteiger partial charge in [-0.2, -0.15) is 0 Å². The Morgan fingerprint density at radius 3 is 2.78 bits per heavy atom. The number of hydrogen-bond acceptors (Lipinski definition) is 5. The lowest BCUT2D eigenvalue weighted by Crippen LogP contribution is -2.43. The van der Waals surface area contributed by atoms with E-state index < -0.39 is 0 Å². The molecule has 1 fully saturated rings. The summed E-state index contributed by atoms with van der Waals surface area (Å²) in [4.78, 5) is 15.0. The van der Waals surface area contributed by atoms with Gasteiger partial charge in [0.1, 0.15) is 17.4 Å². The summed E-state index contributed by atoms with van der Waals surface area (Å²) in [6.07, 6.45) is 0.445. The zero-order chi connectivity index (χ0) is 18.4. The van der Waals surface area contributed by atoms with Gasteiger partial charge in [0, 0.05) is 43.7 Å². The summed E-state index contributed by atoms with van der Waals surface area (Å²) >= 11 is 0. The zero-order valence-corrected chi connectivity index (χ0v) is 15.3. The molecular weight excluding hydrogens is 340 g/mol. The number of nitrogens with one attached hydrogen (secondary N) is 1. The third-order valence-electron chi connectivity index (χ3n) is 5.49. The van der Waals surface area contributed by atoms with Crippen molar-refractivity contribution in [3.8, 4) is 0 Å². The van der Waals surface area contributed by atoms with Crippen molar-refractivity contribution in [2.24, 2.45) is 0 Å². The molecule has 1 unspecified atom stereocenters. The fourth-order valence-electron chi connectivity index (χ4n) is 4.07. The number of furan rings is 1. The lowest BCUT2D eigenvalue weighted by atomic mass is 9.93. The Bertz CT molecular complexity index is 1020. The number of fused-ring (bicyclic) bond motifs is 2. The van der Waals surface area contributed by atoms with Gasteiger partial charge in [0.25, 0.3) is 0 Å². The predicted molar refractivity (Wildman–Crippen MR) is 104 cm³/mol. The molecule has 0 saturated carbocycles. The number of piperazine rings is 1. The first-order valence-electron chi connectivity index (χ1n) is 9.47. The van der Waals surface area contributed by atoms with Gasteiger partial charge in [0.15, 0.2) is 0 Å². The van der Waals surface area contributed by atoms with Crippen LogP contribution in [0.5, 0.6) is 0 Å². The van der Waals surface area contributed by atoms with Gasteiger partial charge >= 0.3 is 5.97 Å². The van der Waals surface area contributed by atoms with Crippen molar-refractivity contribution in [1.82, 2.24) is 5.32 Å². The van der Waals surface area contributed by atoms with Crippen LogP contribution in [0.1, 0.15) is 33.3 Å². The van der Waals surface area contributed by atoms with Crippen LogP contribution < -0.4 is 10.2 Å². The first-order chi connectivity index (χ1) is 13.2. The number of aryl methyl sites for hydroxylation is 1. The molecule has 5 rings (SSSR count). The molecule has 2 aliphatic heterocycles. The Morgan fingerprint density at radius 2 is 1.93 bits per heavy atom. The van der Waals surface area contributed by atoms with Crippen LogP contribution in [0.25, 0.3) is 11.0 Å². The van der Waals surface area contributed by atoms with Crippen LogP contribution in [0.2, 0.25) is 0 Å². The number of benzene rings is 2. The van der Waals surface area contributed by atoms with Gasteiger partial charge in [-0.25, -0.2) is 4.79 Å². The van der Waals surface area contributed by atoms with E-state index in [-0.39, 0.29) is 12.1 Å². The van der Waals surface area contributed by atoms with Crippen molar-refractivity contribution < 1.29 is 13.9 Å². The number of hydrogen-bond donors (Lipinski definition) is 1. The molecule has 0 radical (unpaired) electrons. The van der Waals surface area contributed by atoms with Crippen molar-refractivity contribution in [3.63, 3.8) is 0 Å². The topological polar surface area (TPSA) is 54.7 Å². The summed E-state index contributed by atoms with van der Waals surface area (Å²) in [5.74, 6) is 0.648. The number of anilines is 1. The summed E-state index contributed by atoms with van der Waals surface area (Å²) in [7, 11) is 0. The number of nitrogens with zero attached hydrogens (tertiary/aromatic N) is 1. The number of carbonyl (C=O) groups is 1. The Hall–Kier alpha value is -2.79. The van der Waals surface area contributed by atoms with Gasteiger partial charge in [0.05, 0.1) is 5.56 Å². The third kappa shape index (κ3) is 2.98. The van der Waals surface area contributed by atoms with E-state index in [1.165, 1.54) is 0 Å². The SMILES string of the molecule is Cc1cc2cc(C3Cc4ccc(N5CCNCC5)cc4C(=O)O3)ccc2o1. The van der Waals surface area contributed by atoms with E-state index >= 15 is 0 Å². The highest BCUT2D eigenvalue weighted by molar-refractivity contribution is 5.93. The Labute approximate surface area is 157 Å². The van der Waals surface area contributed by atoms with Gasteiger partial charge in [0.2, 0.25) is 0 Å². The number of ether oxygens (including phenoxy) is 1. The maximum atomic E-state index is 12.7. The summed E-state index contributed by atoms with van der Waals surface area (Å²) < 4.78 is 11.4. The van der Waals surface area contributed by atoms with Crippen molar-refractivity contribution in [2.75, 3.05) is 31.1 Å². The smallest absolute Gasteiger partial charge is 0.339 e. The Balaban J connectivity index is 1.43. The third-order valence-corrected chi connectivity index (χ3v) is 5.49. The van der Waals surface area contributed by atoms with E-state index in [0.717, 1.165) is 59.7 Å². The number of rotatable bonds is 2. The zero-order valence-electron chi connectivity index (χ0n) is 15.3. The second-order valence-corrected chi connectivity index (χ2v) is 7.33. The van der Waals surface area contributed by atoms with Crippen LogP contribution in [-0.4, -0.2) is 32.1 Å². The van der Waals surface area contributed by atoms with Crippen molar-refractivity contribution in [1.29, 1.82) is 0 Å². The normalized spacial score (nSPS) is 19.8. The molecule has 1 N–H and O–H groups in total. The maximum Gasteiger partial charge on any atom is 0.339 e. The minimum absolute atomic E-state index is 0.235. The quantitative estimate of drug-likeness (QED) is 0.706. The maximum absolute atomic E-state index is 12.7. The highest BCUT2D eigenvalue weighted by Gasteiger charge is 2.28. The molecule has 3 heterocycles. The largest absolute Gasteiger partial charge is 0.461 e. The van der Waals surface area contributed by atoms with E-state index in [2.05, 4.69) is 28.4 Å². The van der Waals surface area contributed by atoms with Crippen LogP contribution >= 0.6 is 0 Å². The van der Waals surface area contributed by atoms with E-state index in [1.54, 1.807) is 0 Å². The molecule has 2 aromatic carbocycles. The molecule has 1 atom stereocenters. The van der Waals surface area contributed by atoms with Crippen LogP contribution in [0.3, 0.4) is 0 Å². The molecule has 3 aromatic rings. The molecule has 27 heavy (non-hydrogen) atoms. The molecule has 0 amide bonds. The van der Waals surface area contributed by atoms with Crippen LogP contribution in [0.4, 0.5) is 5.69 Å². The molecule has 5 heteroatoms. The van der Waals surface area contributed by atoms with E-state index in [4.69, 9.17) is 9.15 Å². The van der Waals surface area contributed by atoms with Crippen LogP contribution in [0, 0.1) is 6.92 Å². The Morgan fingerprint density at radius 1 is 1.07 bits per heavy atom. The van der Waals surface area contributed by atoms with Crippen molar-refractivity contribution in [3.05, 3.63) is 64.9 Å². The standard InChI is InChI=1S/C22H22N2O3/c1-14-10-17-11-16(3-5-20(17)26-14)21-12-15-2-4-18(13-19(15)22(25)27-21)24-8-6-23-7-9-24/h2-5,10-11,13,21,23H,6-9,12H2,1H3. The highest BCUT2D eigenvalue weighted by Crippen LogP contribution is 2.34. The van der Waals surface area contributed by atoms with Gasteiger partial charge in [-0.15, -0.1) is 0 Å². The average molecular weight is 362 g/mol. The minimum Gasteiger partial charge on any atom is -0.461 e. The van der Waals surface area contributed by atoms with Gasteiger partial charge in [-0.3, -0.25) is 0 Å². The fraction of sp³-hybridized carbons (Fsp3) is 0.318. The first-order valence-corrected chi connectivity index (χ1v) is 9.47. The minimum atomic E-state index is -0.255. The van der Waals surface area contributed by atoms with Crippen LogP contribution in [0.15, 0.2) is 46.9 Å². The Kier molecular flexibility index (Phi) is 3.90. The second kappa shape index (κ2) is 6.43. The van der Waals surface area contributed by atoms with E-state index in [1.807, 2.05) is 31.2 Å². The summed E-state index contributed by atoms with van der Waals surface area (Å²) in [5, 5.41) is 4.40. The molecule has 0 aliphatic carbocycles. The van der Waals surface area contributed by atoms with Crippen molar-refractivity contribution >= 4 is 22.6 Å². The molecule has 1 aromatic heterocycles. The van der Waals surface area contributed by atoms with E-state index in [9.17, 15) is 4.79 Å². The lowest BCUT2D eigenvalue weighted by Gasteiger charge is -2.31. The second-order valence-electron chi connectivity index (χ2n) is 7.33.